The lowest BCUT2D eigenvalue weighted by molar-refractivity contribution is -0.139. The second-order valence-electron chi connectivity index (χ2n) is 4.02. The zero-order chi connectivity index (χ0) is 13.2. The van der Waals surface area contributed by atoms with Crippen LogP contribution >= 0.6 is 11.6 Å². The Hall–Kier alpha value is -1.35. The number of ketones is 1. The van der Waals surface area contributed by atoms with Crippen molar-refractivity contribution in [2.24, 2.45) is 0 Å². The number of carbonyl (C=O) groups excluding carboxylic acids is 2. The summed E-state index contributed by atoms with van der Waals surface area (Å²) < 4.78 is 4.47. The first-order valence-corrected chi connectivity index (χ1v) is 5.66. The normalized spacial score (nSPS) is 12.1. The number of hydrogen-bond donors (Lipinski definition) is 0. The van der Waals surface area contributed by atoms with Crippen molar-refractivity contribution in [3.8, 4) is 0 Å². The average Bonchev–Trinajstić information content (AvgIpc) is 2.25. The second kappa shape index (κ2) is 5.32. The van der Waals surface area contributed by atoms with Crippen LogP contribution in [0.4, 0.5) is 0 Å². The van der Waals surface area contributed by atoms with Gasteiger partial charge in [-0.05, 0) is 31.9 Å². The molecule has 92 valence electrons. The third-order valence-electron chi connectivity index (χ3n) is 2.56. The summed E-state index contributed by atoms with van der Waals surface area (Å²) in [7, 11) is 1.21. The molecule has 1 unspecified atom stereocenters. The standard InChI is InChI=1S/C13H15ClO3/c1-7-5-8(2)10(9(3)6-7)12(15)11(14)13(16)17-4/h5-6,11H,1-4H3. The lowest BCUT2D eigenvalue weighted by Crippen LogP contribution is -2.27. The first kappa shape index (κ1) is 13.7. The molecule has 0 fully saturated rings. The van der Waals surface area contributed by atoms with Gasteiger partial charge in [0.1, 0.15) is 0 Å². The highest BCUT2D eigenvalue weighted by Crippen LogP contribution is 2.20. The highest BCUT2D eigenvalue weighted by molar-refractivity contribution is 6.43. The fourth-order valence-corrected chi connectivity index (χ4v) is 2.10. The van der Waals surface area contributed by atoms with Crippen LogP contribution in [-0.4, -0.2) is 24.2 Å². The minimum atomic E-state index is -1.28. The minimum Gasteiger partial charge on any atom is -0.468 e. The number of esters is 1. The molecule has 0 aliphatic heterocycles. The topological polar surface area (TPSA) is 43.4 Å². The van der Waals surface area contributed by atoms with E-state index in [1.165, 1.54) is 7.11 Å². The molecule has 0 saturated heterocycles. The third-order valence-corrected chi connectivity index (χ3v) is 2.94. The van der Waals surface area contributed by atoms with Gasteiger partial charge in [0.15, 0.2) is 11.2 Å². The predicted octanol–water partition coefficient (Wildman–Crippen LogP) is 2.57. The highest BCUT2D eigenvalue weighted by atomic mass is 35.5. The molecule has 0 aliphatic rings. The maximum atomic E-state index is 12.1. The smallest absolute Gasteiger partial charge is 0.331 e. The van der Waals surface area contributed by atoms with Crippen molar-refractivity contribution in [2.45, 2.75) is 26.1 Å². The van der Waals surface area contributed by atoms with Crippen LogP contribution in [-0.2, 0) is 9.53 Å². The Morgan fingerprint density at radius 1 is 1.18 bits per heavy atom. The van der Waals surface area contributed by atoms with Crippen LogP contribution < -0.4 is 0 Å². The zero-order valence-electron chi connectivity index (χ0n) is 10.3. The van der Waals surface area contributed by atoms with E-state index in [-0.39, 0.29) is 0 Å². The number of Topliss-reactive ketones (excluding diaryl/α,β-unsaturated/α-hetero) is 1. The van der Waals surface area contributed by atoms with Crippen molar-refractivity contribution >= 4 is 23.4 Å². The molecule has 0 spiro atoms. The van der Waals surface area contributed by atoms with E-state index in [0.29, 0.717) is 5.56 Å². The summed E-state index contributed by atoms with van der Waals surface area (Å²) in [6.07, 6.45) is 0. The molecule has 1 aromatic carbocycles. The van der Waals surface area contributed by atoms with E-state index in [4.69, 9.17) is 11.6 Å². The van der Waals surface area contributed by atoms with Gasteiger partial charge in [0.25, 0.3) is 0 Å². The summed E-state index contributed by atoms with van der Waals surface area (Å²) in [4.78, 5) is 23.3. The molecular formula is C13H15ClO3. The van der Waals surface area contributed by atoms with Crippen molar-refractivity contribution < 1.29 is 14.3 Å². The minimum absolute atomic E-state index is 0.409. The molecule has 0 aromatic heterocycles. The number of rotatable bonds is 3. The van der Waals surface area contributed by atoms with Gasteiger partial charge in [0, 0.05) is 5.56 Å². The highest BCUT2D eigenvalue weighted by Gasteiger charge is 2.28. The van der Waals surface area contributed by atoms with E-state index in [0.717, 1.165) is 16.7 Å². The van der Waals surface area contributed by atoms with E-state index in [2.05, 4.69) is 4.74 Å². The van der Waals surface area contributed by atoms with Gasteiger partial charge in [-0.25, -0.2) is 4.79 Å². The van der Waals surface area contributed by atoms with E-state index in [1.807, 2.05) is 32.9 Å². The van der Waals surface area contributed by atoms with E-state index < -0.39 is 17.1 Å². The van der Waals surface area contributed by atoms with Gasteiger partial charge in [0.05, 0.1) is 7.11 Å². The van der Waals surface area contributed by atoms with Crippen LogP contribution in [0.3, 0.4) is 0 Å². The molecule has 0 radical (unpaired) electrons. The van der Waals surface area contributed by atoms with Gasteiger partial charge in [-0.2, -0.15) is 0 Å². The van der Waals surface area contributed by atoms with Crippen molar-refractivity contribution in [2.75, 3.05) is 7.11 Å². The fourth-order valence-electron chi connectivity index (χ4n) is 1.91. The first-order valence-electron chi connectivity index (χ1n) is 5.22. The van der Waals surface area contributed by atoms with Gasteiger partial charge in [0.2, 0.25) is 0 Å². The average molecular weight is 255 g/mol. The number of hydrogen-bond acceptors (Lipinski definition) is 3. The summed E-state index contributed by atoms with van der Waals surface area (Å²) in [5.74, 6) is -1.13. The quantitative estimate of drug-likeness (QED) is 0.360. The Kier molecular flexibility index (Phi) is 4.29. The Bertz CT molecular complexity index is 443. The largest absolute Gasteiger partial charge is 0.468 e. The lowest BCUT2D eigenvalue weighted by Gasteiger charge is -2.12. The van der Waals surface area contributed by atoms with Gasteiger partial charge in [-0.3, -0.25) is 4.79 Å². The number of halogens is 1. The van der Waals surface area contributed by atoms with Crippen molar-refractivity contribution in [1.82, 2.24) is 0 Å². The molecule has 0 amide bonds. The summed E-state index contributed by atoms with van der Waals surface area (Å²) in [6.45, 7) is 5.61. The molecule has 4 heteroatoms. The van der Waals surface area contributed by atoms with E-state index in [1.54, 1.807) is 0 Å². The molecule has 1 rings (SSSR count). The number of benzene rings is 1. The Morgan fingerprint density at radius 2 is 1.65 bits per heavy atom. The zero-order valence-corrected chi connectivity index (χ0v) is 11.1. The van der Waals surface area contributed by atoms with Crippen LogP contribution in [0.25, 0.3) is 0 Å². The summed E-state index contributed by atoms with van der Waals surface area (Å²) >= 11 is 5.78. The van der Waals surface area contributed by atoms with Gasteiger partial charge >= 0.3 is 5.97 Å². The fraction of sp³-hybridized carbons (Fsp3) is 0.385. The van der Waals surface area contributed by atoms with Gasteiger partial charge in [-0.1, -0.05) is 17.7 Å². The summed E-state index contributed by atoms with van der Waals surface area (Å²) in [6, 6.07) is 3.78. The number of alkyl halides is 1. The SMILES string of the molecule is COC(=O)C(Cl)C(=O)c1c(C)cc(C)cc1C. The van der Waals surface area contributed by atoms with Gasteiger partial charge in [-0.15, -0.1) is 11.6 Å². The molecule has 0 saturated carbocycles. The molecule has 1 aromatic rings. The Morgan fingerprint density at radius 3 is 2.06 bits per heavy atom. The molecule has 0 heterocycles. The van der Waals surface area contributed by atoms with Gasteiger partial charge < -0.3 is 4.74 Å². The summed E-state index contributed by atoms with van der Waals surface area (Å²) in [5, 5.41) is -1.28. The second-order valence-corrected chi connectivity index (χ2v) is 4.46. The number of methoxy groups -OCH3 is 1. The van der Waals surface area contributed by atoms with Crippen molar-refractivity contribution in [3.63, 3.8) is 0 Å². The molecule has 3 nitrogen and oxygen atoms in total. The predicted molar refractivity (Wildman–Crippen MR) is 66.6 cm³/mol. The Labute approximate surface area is 106 Å². The molecule has 0 N–H and O–H groups in total. The third kappa shape index (κ3) is 2.86. The number of ether oxygens (including phenoxy) is 1. The maximum absolute atomic E-state index is 12.1. The molecule has 1 atom stereocenters. The number of carbonyl (C=O) groups is 2. The summed E-state index contributed by atoms with van der Waals surface area (Å²) in [5.41, 5.74) is 3.21. The van der Waals surface area contributed by atoms with Crippen LogP contribution in [0.15, 0.2) is 12.1 Å². The van der Waals surface area contributed by atoms with Crippen molar-refractivity contribution in [3.05, 3.63) is 34.4 Å². The van der Waals surface area contributed by atoms with Crippen LogP contribution in [0.2, 0.25) is 0 Å². The van der Waals surface area contributed by atoms with Crippen LogP contribution in [0, 0.1) is 20.8 Å². The lowest BCUT2D eigenvalue weighted by atomic mass is 9.95. The van der Waals surface area contributed by atoms with Crippen molar-refractivity contribution in [1.29, 1.82) is 0 Å². The van der Waals surface area contributed by atoms with E-state index in [9.17, 15) is 9.59 Å². The van der Waals surface area contributed by atoms with Crippen LogP contribution in [0.1, 0.15) is 27.0 Å². The molecular weight excluding hydrogens is 240 g/mol. The van der Waals surface area contributed by atoms with E-state index >= 15 is 0 Å². The monoisotopic (exact) mass is 254 g/mol. The van der Waals surface area contributed by atoms with Crippen LogP contribution in [0.5, 0.6) is 0 Å². The maximum Gasteiger partial charge on any atom is 0.331 e. The Balaban J connectivity index is 3.17. The molecule has 17 heavy (non-hydrogen) atoms. The molecule has 0 bridgehead atoms. The molecule has 0 aliphatic carbocycles. The number of aryl methyl sites for hydroxylation is 3. The first-order chi connectivity index (χ1) is 7.88.